The highest BCUT2D eigenvalue weighted by Gasteiger charge is 1.91. The molecule has 0 aromatic heterocycles. The van der Waals surface area contributed by atoms with E-state index in [4.69, 9.17) is 4.89 Å². The van der Waals surface area contributed by atoms with Crippen molar-refractivity contribution in [3.8, 4) is 0 Å². The molecule has 0 aromatic carbocycles. The van der Waals surface area contributed by atoms with Crippen molar-refractivity contribution in [3.63, 3.8) is 0 Å². The average molecular weight is 188 g/mol. The van der Waals surface area contributed by atoms with Gasteiger partial charge in [0.05, 0.1) is 11.1 Å². The van der Waals surface area contributed by atoms with Crippen LogP contribution in [-0.2, 0) is 8.54 Å². The van der Waals surface area contributed by atoms with Crippen LogP contribution in [0, 0.1) is 0 Å². The van der Waals surface area contributed by atoms with Crippen LogP contribution in [0.25, 0.3) is 0 Å². The molecule has 0 aliphatic carbocycles. The lowest BCUT2D eigenvalue weighted by molar-refractivity contribution is 0.434. The molecule has 6 heteroatoms. The molecule has 0 heterocycles. The lowest BCUT2D eigenvalue weighted by Gasteiger charge is -1.93. The Hall–Kier alpha value is 0.850. The lowest BCUT2D eigenvalue weighted by Crippen LogP contribution is -1.66. The van der Waals surface area contributed by atoms with Gasteiger partial charge in [-0.2, -0.15) is 0 Å². The first kappa shape index (κ1) is 9.85. The van der Waals surface area contributed by atoms with E-state index in [1.54, 1.807) is 0 Å². The molecular weight excluding hydrogens is 179 g/mol. The largest absolute Gasteiger partial charge is 0.328 e. The van der Waals surface area contributed by atoms with E-state index in [2.05, 4.69) is 3.97 Å². The molecule has 0 aliphatic rings. The molecule has 0 aromatic rings. The molecule has 3 nitrogen and oxygen atoms in total. The van der Waals surface area contributed by atoms with E-state index in [0.29, 0.717) is 0 Å². The first-order valence-corrected chi connectivity index (χ1v) is 5.97. The normalized spacial score (nSPS) is 13.6. The van der Waals surface area contributed by atoms with Crippen LogP contribution in [-0.4, -0.2) is 10.6 Å². The molecule has 0 radical (unpaired) electrons. The Morgan fingerprint density at radius 3 is 2.89 bits per heavy atom. The Balaban J connectivity index is 2.83. The SMILES string of the molecule is CCCSSO[PH](=O)O. The third-order valence-electron chi connectivity index (χ3n) is 0.441. The predicted molar refractivity (Wildman–Crippen MR) is 42.6 cm³/mol. The molecule has 0 saturated heterocycles. The Kier molecular flexibility index (Phi) is 7.62. The second kappa shape index (κ2) is 6.96. The molecule has 9 heavy (non-hydrogen) atoms. The molecule has 1 atom stereocenters. The van der Waals surface area contributed by atoms with E-state index in [1.807, 2.05) is 6.92 Å². The van der Waals surface area contributed by atoms with Crippen LogP contribution in [0.1, 0.15) is 13.3 Å². The molecule has 1 unspecified atom stereocenters. The van der Waals surface area contributed by atoms with Crippen molar-refractivity contribution in [2.24, 2.45) is 0 Å². The standard InChI is InChI=1S/C3H9O3PS2/c1-2-3-8-9-6-7(4)5/h7H,2-3H2,1H3,(H,4,5). The highest BCUT2D eigenvalue weighted by molar-refractivity contribution is 8.75. The van der Waals surface area contributed by atoms with Gasteiger partial charge < -0.3 is 4.89 Å². The maximum atomic E-state index is 9.89. The van der Waals surface area contributed by atoms with Crippen LogP contribution < -0.4 is 0 Å². The van der Waals surface area contributed by atoms with Crippen molar-refractivity contribution >= 4 is 30.1 Å². The molecule has 0 aliphatic heterocycles. The highest BCUT2D eigenvalue weighted by Crippen LogP contribution is 2.32. The molecule has 0 spiro atoms. The van der Waals surface area contributed by atoms with E-state index in [9.17, 15) is 4.57 Å². The van der Waals surface area contributed by atoms with Crippen LogP contribution in [0.4, 0.5) is 0 Å². The Labute approximate surface area is 63.1 Å². The lowest BCUT2D eigenvalue weighted by atomic mass is 10.6. The summed E-state index contributed by atoms with van der Waals surface area (Å²) in [4.78, 5) is 8.14. The van der Waals surface area contributed by atoms with Crippen molar-refractivity contribution in [1.29, 1.82) is 0 Å². The average Bonchev–Trinajstić information content (AvgIpc) is 1.80. The van der Waals surface area contributed by atoms with Gasteiger partial charge in [0, 0.05) is 5.75 Å². The smallest absolute Gasteiger partial charge is 0.326 e. The van der Waals surface area contributed by atoms with Crippen molar-refractivity contribution in [1.82, 2.24) is 0 Å². The van der Waals surface area contributed by atoms with Gasteiger partial charge in [0.25, 0.3) is 0 Å². The fourth-order valence-corrected chi connectivity index (χ4v) is 2.49. The summed E-state index contributed by atoms with van der Waals surface area (Å²) in [5.41, 5.74) is 0. The van der Waals surface area contributed by atoms with Gasteiger partial charge in [0.15, 0.2) is 0 Å². The fourth-order valence-electron chi connectivity index (χ4n) is 0.171. The topological polar surface area (TPSA) is 46.5 Å². The summed E-state index contributed by atoms with van der Waals surface area (Å²) in [5, 5.41) is 0. The third kappa shape index (κ3) is 8.85. The monoisotopic (exact) mass is 188 g/mol. The van der Waals surface area contributed by atoms with Gasteiger partial charge in [-0.15, -0.1) is 0 Å². The summed E-state index contributed by atoms with van der Waals surface area (Å²) in [6.07, 6.45) is 1.05. The first-order valence-electron chi connectivity index (χ1n) is 2.46. The molecule has 0 rings (SSSR count). The van der Waals surface area contributed by atoms with Gasteiger partial charge in [0.2, 0.25) is 0 Å². The van der Waals surface area contributed by atoms with Crippen LogP contribution >= 0.6 is 30.1 Å². The highest BCUT2D eigenvalue weighted by atomic mass is 33.1. The minimum Gasteiger partial charge on any atom is -0.326 e. The minimum atomic E-state index is -2.72. The zero-order valence-electron chi connectivity index (χ0n) is 4.99. The number of rotatable bonds is 5. The third-order valence-corrected chi connectivity index (χ3v) is 3.36. The van der Waals surface area contributed by atoms with Crippen molar-refractivity contribution in [2.45, 2.75) is 13.3 Å². The second-order valence-corrected chi connectivity index (χ2v) is 4.33. The Morgan fingerprint density at radius 1 is 1.78 bits per heavy atom. The van der Waals surface area contributed by atoms with Crippen molar-refractivity contribution < 1.29 is 13.4 Å². The molecule has 0 amide bonds. The Morgan fingerprint density at radius 2 is 2.44 bits per heavy atom. The van der Waals surface area contributed by atoms with Crippen LogP contribution in [0.5, 0.6) is 0 Å². The van der Waals surface area contributed by atoms with Crippen LogP contribution in [0.3, 0.4) is 0 Å². The van der Waals surface area contributed by atoms with Gasteiger partial charge in [-0.3, -0.25) is 4.57 Å². The van der Waals surface area contributed by atoms with Crippen LogP contribution in [0.2, 0.25) is 0 Å². The maximum Gasteiger partial charge on any atom is 0.328 e. The first-order chi connectivity index (χ1) is 4.27. The minimum absolute atomic E-state index is 0.944. The van der Waals surface area contributed by atoms with Crippen LogP contribution in [0.15, 0.2) is 0 Å². The molecule has 56 valence electrons. The summed E-state index contributed by atoms with van der Waals surface area (Å²) < 4.78 is 14.2. The maximum absolute atomic E-state index is 9.89. The van der Waals surface area contributed by atoms with E-state index in [0.717, 1.165) is 23.2 Å². The van der Waals surface area contributed by atoms with Gasteiger partial charge in [-0.05, 0) is 6.42 Å². The second-order valence-electron chi connectivity index (χ2n) is 1.24. The quantitative estimate of drug-likeness (QED) is 0.310. The van der Waals surface area contributed by atoms with E-state index < -0.39 is 8.25 Å². The molecule has 0 fully saturated rings. The molecular formula is C3H9O3PS2. The van der Waals surface area contributed by atoms with Gasteiger partial charge in [-0.25, -0.2) is 3.97 Å². The van der Waals surface area contributed by atoms with Crippen molar-refractivity contribution in [2.75, 3.05) is 5.75 Å². The van der Waals surface area contributed by atoms with E-state index >= 15 is 0 Å². The fraction of sp³-hybridized carbons (Fsp3) is 1.00. The van der Waals surface area contributed by atoms with E-state index in [1.165, 1.54) is 10.8 Å². The van der Waals surface area contributed by atoms with Gasteiger partial charge >= 0.3 is 8.25 Å². The summed E-state index contributed by atoms with van der Waals surface area (Å²) in [6.45, 7) is 2.04. The zero-order valence-corrected chi connectivity index (χ0v) is 7.63. The Bertz CT molecular complexity index is 89.1. The zero-order chi connectivity index (χ0) is 7.11. The predicted octanol–water partition coefficient (Wildman–Crippen LogP) is 2.09. The van der Waals surface area contributed by atoms with Gasteiger partial charge in [-0.1, -0.05) is 17.7 Å². The molecule has 0 bridgehead atoms. The molecule has 0 saturated carbocycles. The summed E-state index contributed by atoms with van der Waals surface area (Å²) in [5.74, 6) is 0.944. The van der Waals surface area contributed by atoms with E-state index in [-0.39, 0.29) is 0 Å². The molecule has 1 N–H and O–H groups in total. The van der Waals surface area contributed by atoms with Crippen molar-refractivity contribution in [3.05, 3.63) is 0 Å². The number of hydrogen-bond donors (Lipinski definition) is 1. The summed E-state index contributed by atoms with van der Waals surface area (Å²) >= 11 is 0.985. The number of hydrogen-bond acceptors (Lipinski definition) is 4. The van der Waals surface area contributed by atoms with Gasteiger partial charge in [0.1, 0.15) is 0 Å². The summed E-state index contributed by atoms with van der Waals surface area (Å²) in [6, 6.07) is 0. The summed E-state index contributed by atoms with van der Waals surface area (Å²) in [7, 11) is -1.28.